The van der Waals surface area contributed by atoms with E-state index in [9.17, 15) is 10.1 Å². The number of ether oxygens (including phenoxy) is 1. The fourth-order valence-electron chi connectivity index (χ4n) is 3.11. The Bertz CT molecular complexity index is 1230. The van der Waals surface area contributed by atoms with E-state index in [0.717, 1.165) is 11.1 Å². The number of aromatic nitrogens is 1. The number of methoxy groups -OCH3 is 1. The molecule has 148 valence electrons. The van der Waals surface area contributed by atoms with Crippen molar-refractivity contribution in [1.29, 1.82) is 5.26 Å². The molecule has 2 heterocycles. The molecule has 0 aliphatic heterocycles. The molecule has 0 saturated heterocycles. The smallest absolute Gasteiger partial charge is 0.256 e. The summed E-state index contributed by atoms with van der Waals surface area (Å²) in [6.07, 6.45) is 1.59. The lowest BCUT2D eigenvalue weighted by molar-refractivity contribution is 0.102. The number of pyridine rings is 1. The van der Waals surface area contributed by atoms with Crippen molar-refractivity contribution in [2.75, 3.05) is 17.7 Å². The highest BCUT2D eigenvalue weighted by Crippen LogP contribution is 2.31. The van der Waals surface area contributed by atoms with Gasteiger partial charge in [-0.1, -0.05) is 18.2 Å². The quantitative estimate of drug-likeness (QED) is 0.493. The van der Waals surface area contributed by atoms with E-state index in [4.69, 9.17) is 9.15 Å². The first-order chi connectivity index (χ1) is 14.7. The molecule has 0 atom stereocenters. The minimum atomic E-state index is -0.367. The summed E-state index contributed by atoms with van der Waals surface area (Å²) in [4.78, 5) is 17.2. The normalized spacial score (nSPS) is 10.4. The van der Waals surface area contributed by atoms with Gasteiger partial charge in [-0.25, -0.2) is 4.98 Å². The molecule has 4 aromatic rings. The van der Waals surface area contributed by atoms with Crippen LogP contribution >= 0.6 is 0 Å². The third-order valence-corrected chi connectivity index (χ3v) is 4.61. The lowest BCUT2D eigenvalue weighted by atomic mass is 10.1. The Morgan fingerprint density at radius 1 is 1.13 bits per heavy atom. The Balaban J connectivity index is 1.71. The summed E-state index contributed by atoms with van der Waals surface area (Å²) >= 11 is 0. The van der Waals surface area contributed by atoms with Gasteiger partial charge in [0.1, 0.15) is 23.1 Å². The lowest BCUT2D eigenvalue weighted by Crippen LogP contribution is -2.15. The van der Waals surface area contributed by atoms with E-state index in [-0.39, 0.29) is 17.3 Å². The fourth-order valence-corrected chi connectivity index (χ4v) is 3.11. The molecule has 4 rings (SSSR count). The number of carbonyl (C=O) groups excluding carboxylic acids is 1. The number of rotatable bonds is 6. The number of nitrogens with zero attached hydrogens (tertiary/aromatic N) is 2. The van der Waals surface area contributed by atoms with Gasteiger partial charge in [-0.2, -0.15) is 5.26 Å². The monoisotopic (exact) mass is 398 g/mol. The number of amides is 1. The minimum absolute atomic E-state index is 0.193. The van der Waals surface area contributed by atoms with Gasteiger partial charge in [0.05, 0.1) is 31.1 Å². The van der Waals surface area contributed by atoms with Gasteiger partial charge in [0, 0.05) is 10.9 Å². The molecule has 2 N–H and O–H groups in total. The Labute approximate surface area is 172 Å². The molecule has 0 saturated carbocycles. The van der Waals surface area contributed by atoms with Gasteiger partial charge in [-0.3, -0.25) is 4.79 Å². The summed E-state index contributed by atoms with van der Waals surface area (Å²) in [6.45, 7) is 0.390. The number of benzene rings is 2. The molecule has 1 amide bonds. The second kappa shape index (κ2) is 8.37. The summed E-state index contributed by atoms with van der Waals surface area (Å²) in [7, 11) is 1.56. The van der Waals surface area contributed by atoms with E-state index < -0.39 is 0 Å². The first-order valence-corrected chi connectivity index (χ1v) is 9.24. The highest BCUT2D eigenvalue weighted by Gasteiger charge is 2.18. The van der Waals surface area contributed by atoms with Crippen molar-refractivity contribution >= 4 is 28.3 Å². The number of hydrogen-bond acceptors (Lipinski definition) is 6. The third-order valence-electron chi connectivity index (χ3n) is 4.61. The molecule has 0 spiro atoms. The van der Waals surface area contributed by atoms with Crippen LogP contribution in [0, 0.1) is 11.3 Å². The van der Waals surface area contributed by atoms with Gasteiger partial charge in [0.2, 0.25) is 0 Å². The van der Waals surface area contributed by atoms with Crippen LogP contribution in [0.4, 0.5) is 11.5 Å². The minimum Gasteiger partial charge on any atom is -0.497 e. The molecule has 2 aromatic heterocycles. The zero-order chi connectivity index (χ0) is 20.9. The summed E-state index contributed by atoms with van der Waals surface area (Å²) in [5.74, 6) is 1.20. The second-order valence-electron chi connectivity index (χ2n) is 6.45. The third kappa shape index (κ3) is 3.80. The molecule has 0 fully saturated rings. The molecular formula is C23H18N4O3. The van der Waals surface area contributed by atoms with Crippen molar-refractivity contribution in [3.05, 3.63) is 83.8 Å². The van der Waals surface area contributed by atoms with E-state index in [1.54, 1.807) is 43.7 Å². The molecule has 0 bridgehead atoms. The molecular weight excluding hydrogens is 380 g/mol. The SMILES string of the molecule is COc1ccc(C(=O)Nc2nc3ccccc3c(NCc3ccco3)c2C#N)cc1. The van der Waals surface area contributed by atoms with Gasteiger partial charge in [0.25, 0.3) is 5.91 Å². The van der Waals surface area contributed by atoms with Gasteiger partial charge in [-0.05, 0) is 42.5 Å². The van der Waals surface area contributed by atoms with E-state index in [1.807, 2.05) is 30.3 Å². The van der Waals surface area contributed by atoms with Crippen LogP contribution < -0.4 is 15.4 Å². The lowest BCUT2D eigenvalue weighted by Gasteiger charge is -2.15. The van der Waals surface area contributed by atoms with Crippen molar-refractivity contribution in [2.24, 2.45) is 0 Å². The molecule has 0 aliphatic rings. The summed E-state index contributed by atoms with van der Waals surface area (Å²) < 4.78 is 10.5. The van der Waals surface area contributed by atoms with Crippen LogP contribution in [0.2, 0.25) is 0 Å². The molecule has 0 aliphatic carbocycles. The Morgan fingerprint density at radius 3 is 2.63 bits per heavy atom. The first kappa shape index (κ1) is 19.0. The molecule has 0 radical (unpaired) electrons. The zero-order valence-electron chi connectivity index (χ0n) is 16.2. The van der Waals surface area contributed by atoms with E-state index >= 15 is 0 Å². The Kier molecular flexibility index (Phi) is 5.31. The second-order valence-corrected chi connectivity index (χ2v) is 6.45. The predicted molar refractivity (Wildman–Crippen MR) is 113 cm³/mol. The molecule has 2 aromatic carbocycles. The maximum atomic E-state index is 12.7. The zero-order valence-corrected chi connectivity index (χ0v) is 16.2. The van der Waals surface area contributed by atoms with E-state index in [0.29, 0.717) is 29.1 Å². The summed E-state index contributed by atoms with van der Waals surface area (Å²) in [5.41, 5.74) is 1.93. The number of nitrogens with one attached hydrogen (secondary N) is 2. The van der Waals surface area contributed by atoms with Crippen LogP contribution in [0.15, 0.2) is 71.3 Å². The van der Waals surface area contributed by atoms with Gasteiger partial charge < -0.3 is 19.8 Å². The van der Waals surface area contributed by atoms with Crippen LogP contribution in [0.3, 0.4) is 0 Å². The molecule has 7 heteroatoms. The standard InChI is InChI=1S/C23H18N4O3/c1-29-16-10-8-15(9-11-16)23(28)27-22-19(13-24)21(25-14-17-5-4-12-30-17)18-6-2-3-7-20(18)26-22/h2-12H,14H2,1H3,(H2,25,26,27,28). The number of carbonyl (C=O) groups is 1. The van der Waals surface area contributed by atoms with Crippen LogP contribution in [-0.4, -0.2) is 18.0 Å². The van der Waals surface area contributed by atoms with Crippen molar-refractivity contribution in [1.82, 2.24) is 4.98 Å². The number of nitriles is 1. The van der Waals surface area contributed by atoms with Gasteiger partial charge in [0.15, 0.2) is 5.82 Å². The van der Waals surface area contributed by atoms with Gasteiger partial charge in [-0.15, -0.1) is 0 Å². The molecule has 7 nitrogen and oxygen atoms in total. The Hall–Kier alpha value is -4.31. The number of hydrogen-bond donors (Lipinski definition) is 2. The van der Waals surface area contributed by atoms with Crippen molar-refractivity contribution in [3.8, 4) is 11.8 Å². The van der Waals surface area contributed by atoms with Crippen molar-refractivity contribution in [2.45, 2.75) is 6.54 Å². The van der Waals surface area contributed by atoms with Crippen LogP contribution in [0.1, 0.15) is 21.7 Å². The predicted octanol–water partition coefficient (Wildman–Crippen LogP) is 4.57. The van der Waals surface area contributed by atoms with E-state index in [2.05, 4.69) is 21.7 Å². The highest BCUT2D eigenvalue weighted by molar-refractivity contribution is 6.07. The van der Waals surface area contributed by atoms with Gasteiger partial charge >= 0.3 is 0 Å². The average Bonchev–Trinajstić information content (AvgIpc) is 3.31. The maximum absolute atomic E-state index is 12.7. The largest absolute Gasteiger partial charge is 0.497 e. The first-order valence-electron chi connectivity index (χ1n) is 9.24. The average molecular weight is 398 g/mol. The summed E-state index contributed by atoms with van der Waals surface area (Å²) in [5, 5.41) is 16.6. The molecule has 30 heavy (non-hydrogen) atoms. The van der Waals surface area contributed by atoms with Crippen LogP contribution in [-0.2, 0) is 6.54 Å². The van der Waals surface area contributed by atoms with Crippen molar-refractivity contribution < 1.29 is 13.9 Å². The maximum Gasteiger partial charge on any atom is 0.256 e. The Morgan fingerprint density at radius 2 is 1.93 bits per heavy atom. The number of fused-ring (bicyclic) bond motifs is 1. The fraction of sp³-hybridized carbons (Fsp3) is 0.0870. The van der Waals surface area contributed by atoms with E-state index in [1.165, 1.54) is 0 Å². The van der Waals surface area contributed by atoms with Crippen LogP contribution in [0.25, 0.3) is 10.9 Å². The number of furan rings is 1. The van der Waals surface area contributed by atoms with Crippen molar-refractivity contribution in [3.63, 3.8) is 0 Å². The van der Waals surface area contributed by atoms with Crippen LogP contribution in [0.5, 0.6) is 5.75 Å². The molecule has 0 unspecified atom stereocenters. The summed E-state index contributed by atoms with van der Waals surface area (Å²) in [6, 6.07) is 19.9. The highest BCUT2D eigenvalue weighted by atomic mass is 16.5. The topological polar surface area (TPSA) is 100 Å². The number of para-hydroxylation sites is 1. The number of anilines is 2.